The van der Waals surface area contributed by atoms with Crippen LogP contribution in [-0.4, -0.2) is 108 Å². The van der Waals surface area contributed by atoms with E-state index in [1.807, 2.05) is 19.1 Å². The van der Waals surface area contributed by atoms with Crippen LogP contribution in [0.25, 0.3) is 0 Å². The number of carbonyl (C=O) groups is 8. The highest BCUT2D eigenvalue weighted by Gasteiger charge is 2.66. The largest absolute Gasteiger partial charge is 0.481 e. The number of fused-ring (bicyclic) bond motifs is 25. The van der Waals surface area contributed by atoms with Gasteiger partial charge in [-0.1, -0.05) is 192 Å². The van der Waals surface area contributed by atoms with Crippen molar-refractivity contribution >= 4 is 70.3 Å². The monoisotopic (exact) mass is 1950 g/mol. The Kier molecular flexibility index (Phi) is 30.5. The van der Waals surface area contributed by atoms with E-state index in [1.54, 1.807) is 19.3 Å². The van der Waals surface area contributed by atoms with Gasteiger partial charge >= 0.3 is 47.8 Å². The normalized spacial score (nSPS) is 55.3. The molecular formula is C113H177IN2O16. The van der Waals surface area contributed by atoms with Gasteiger partial charge in [-0.2, -0.15) is 0 Å². The summed E-state index contributed by atoms with van der Waals surface area (Å²) in [6, 6.07) is 0.810. The maximum absolute atomic E-state index is 11.4. The highest BCUT2D eigenvalue weighted by atomic mass is 127. The molecule has 22 saturated carbocycles. The summed E-state index contributed by atoms with van der Waals surface area (Å²) in [5, 5.41) is 45.4. The van der Waals surface area contributed by atoms with Crippen LogP contribution in [0.4, 0.5) is 0 Å². The Balaban J connectivity index is 0.000000105. The Labute approximate surface area is 807 Å². The van der Waals surface area contributed by atoms with Gasteiger partial charge in [0, 0.05) is 23.9 Å². The average molecular weight is 1950 g/mol. The fraction of sp³-hybridized carbons (Fsp3) is 0.894. The number of hydrogen-bond donors (Lipinski definition) is 7. The van der Waals surface area contributed by atoms with Crippen molar-refractivity contribution in [1.82, 2.24) is 0 Å². The number of aliphatic hydroxyl groups excluding tert-OH is 1. The number of rotatable bonds is 4. The molecule has 3 saturated heterocycles. The van der Waals surface area contributed by atoms with Crippen molar-refractivity contribution in [1.29, 1.82) is 0 Å². The summed E-state index contributed by atoms with van der Waals surface area (Å²) in [7, 11) is 0. The van der Waals surface area contributed by atoms with Gasteiger partial charge in [0.25, 0.3) is 0 Å². The summed E-state index contributed by atoms with van der Waals surface area (Å²) < 4.78 is 15.8. The molecule has 9 N–H and O–H groups in total. The molecule has 3 aliphatic heterocycles. The average Bonchev–Trinajstić information content (AvgIpc) is 1.56. The van der Waals surface area contributed by atoms with Gasteiger partial charge in [-0.25, -0.2) is 0 Å². The van der Waals surface area contributed by atoms with Crippen molar-refractivity contribution in [3.63, 3.8) is 0 Å². The number of allylic oxidation sites excluding steroid dienone is 4. The Bertz CT molecular complexity index is 3920. The first-order valence-electron chi connectivity index (χ1n) is 54.5. The second kappa shape index (κ2) is 39.9. The Morgan fingerprint density at radius 1 is 0.280 bits per heavy atom. The molecule has 24 bridgehead atoms. The third kappa shape index (κ3) is 18.5. The molecule has 742 valence electrons. The maximum Gasteiger partial charge on any atom is 0.318 e. The number of carboxylic acid groups (broad SMARTS) is 4. The van der Waals surface area contributed by atoms with E-state index in [-0.39, 0.29) is 95.3 Å². The molecule has 132 heavy (non-hydrogen) atoms. The minimum Gasteiger partial charge on any atom is -0.481 e. The lowest BCUT2D eigenvalue weighted by Crippen LogP contribution is -2.44. The summed E-state index contributed by atoms with van der Waals surface area (Å²) in [6.07, 6.45) is 35.8. The first-order valence-corrected chi connectivity index (χ1v) is 55.8. The first kappa shape index (κ1) is 101. The number of aliphatic hydroxyl groups is 1. The van der Waals surface area contributed by atoms with Crippen LogP contribution in [0.1, 0.15) is 280 Å². The second-order valence-corrected chi connectivity index (χ2v) is 53.1. The van der Waals surface area contributed by atoms with Gasteiger partial charge in [0.1, 0.15) is 12.2 Å². The number of cyclic esters (lactones) is 2. The van der Waals surface area contributed by atoms with E-state index < -0.39 is 23.9 Å². The number of halogens is 1. The van der Waals surface area contributed by atoms with E-state index in [2.05, 4.69) is 178 Å². The summed E-state index contributed by atoms with van der Waals surface area (Å²) in [5.41, 5.74) is 11.9. The number of hydrogen-bond acceptors (Lipinski definition) is 14. The molecule has 24 unspecified atom stereocenters. The Hall–Kier alpha value is -3.95. The molecule has 0 radical (unpaired) electrons. The molecule has 0 aromatic carbocycles. The molecule has 27 aliphatic rings. The van der Waals surface area contributed by atoms with E-state index >= 15 is 0 Å². The van der Waals surface area contributed by atoms with E-state index in [1.165, 1.54) is 77.0 Å². The van der Waals surface area contributed by atoms with Gasteiger partial charge in [-0.05, 0) is 389 Å². The summed E-state index contributed by atoms with van der Waals surface area (Å²) in [4.78, 5) is 88.6. The molecule has 18 nitrogen and oxygen atoms in total. The topological polar surface area (TPSA) is 317 Å². The third-order valence-corrected chi connectivity index (χ3v) is 48.0. The molecule has 27 rings (SSSR count). The third-order valence-electron chi connectivity index (χ3n) is 46.3. The molecule has 19 heteroatoms. The first-order chi connectivity index (χ1) is 62.3. The SMILES string of the molecule is C[C@@H]1C2CC(C[C@@H]2C)[C@@H]1C.C[C@@H]1C2CC(C[C@@H]2C)[C@@H]1C(=O)O.C[C@@H]1C2CC(C[C@H]2O)[C@@H]1C.C[C@H]1C2C=CC(C2)[C@H]1C(=O)O.C[C@H]1C2CC([C@@H](N)C2)[C@@H]1N.C[C@H]1C2CC3[C@H]1C(=O)O[C@@H]3C2.C[C@H]1C2CC3[C@H]1C(=O)O[C@@H]3[C@H]2I.C[C@H]1CC2CC1[C@H](C(=O)O)[C@H]2C.C[C@H]1CC2CC1[C@H](C)[C@H]2C.C[C@H]1CC2CC1[C@H](C)[C@H]2C.C[C@H]1CC2CC1[C@H](C)[C@H]2C(=O)O.O=C1OC(=O)[C@H]2C3C=CC(C3)[C@@H]12. The molecule has 59 atom stereocenters. The van der Waals surface area contributed by atoms with Gasteiger partial charge in [0.05, 0.1) is 57.4 Å². The number of ether oxygens (including phenoxy) is 3. The van der Waals surface area contributed by atoms with Gasteiger partial charge in [0.2, 0.25) is 0 Å². The summed E-state index contributed by atoms with van der Waals surface area (Å²) in [5.74, 6) is 31.0. The van der Waals surface area contributed by atoms with Crippen LogP contribution >= 0.6 is 22.6 Å². The standard InChI is InChI=1S/3C10H16O2.3C10H18.C9H11IO2.C9H8O3.2C9H12O2.C9H16O.C8H16N2/c2*1-5-3-7-4-8(5)6(2)9(7)10(11)12;1-5-3-7-4-8(5)9(6(7)2)10(11)12;3*1-6-4-9-5-10(6)8(3)7(9)2;1-3-4-2-5-6(3)9(11)12-8(5)7(4)10;10-8-6-4-1-2-5(3-4)7(6)9(11)12-8;1-4-5-2-6-7(3-5)11-9(10)8(4)6;1-5-6-2-3-7(4-6)8(5)9(10)11;1-5-6(2)8-3-7(5)4-9(8)10;1-4-5-2-6(8(4)10)7(9)3-5/h3*5-9H,3-4H2,1-2H3,(H,11,12);3*6-10H,4-5H2,1-3H3;3-8H,2H2,1H3;1-2,4-7H,3H2;4-8H,2-3H2,1H3;2-3,5-8H,4H2,1H3,(H,10,11);5-10H,3-4H2,1-2H3;4-8H,2-3,9-10H2,1H3/t5-,6+,7?,8?,9+;2*5-,6-,7?,8?,9+;2*6-,7+,8+,9?,10?;6-,7+,8-,9?,10?;3-,4?,5?,6-,7-,8-;4?,5?,6-,7+;4-,5?,6?,7+,8-;5-,6?,7?,8-;5-,6+,7?,8?,9-;4-,5?,6?,7-,8+/m0000000.0010/s1. The lowest BCUT2D eigenvalue weighted by molar-refractivity contribution is -0.155. The predicted molar refractivity (Wildman–Crippen MR) is 521 cm³/mol. The Morgan fingerprint density at radius 3 is 0.962 bits per heavy atom. The number of alkyl halides is 1. The number of aliphatic carboxylic acids is 4. The quantitative estimate of drug-likeness (QED) is 0.0343. The number of nitrogens with two attached hydrogens (primary N) is 2. The second-order valence-electron chi connectivity index (χ2n) is 51.7. The van der Waals surface area contributed by atoms with Gasteiger partial charge < -0.3 is 51.2 Å². The van der Waals surface area contributed by atoms with Gasteiger partial charge in [-0.3, -0.25) is 38.4 Å². The Morgan fingerprint density at radius 2 is 0.629 bits per heavy atom. The minimum atomic E-state index is -0.616. The van der Waals surface area contributed by atoms with Crippen molar-refractivity contribution < 1.29 is 78.1 Å². The molecule has 3 heterocycles. The molecule has 0 spiro atoms. The van der Waals surface area contributed by atoms with E-state index in [0.29, 0.717) is 135 Å². The van der Waals surface area contributed by atoms with Crippen molar-refractivity contribution in [3.8, 4) is 0 Å². The molecule has 25 fully saturated rings. The number of esters is 4. The molecule has 0 amide bonds. The zero-order valence-corrected chi connectivity index (χ0v) is 86.6. The van der Waals surface area contributed by atoms with Crippen molar-refractivity contribution in [2.75, 3.05) is 0 Å². The van der Waals surface area contributed by atoms with Gasteiger partial charge in [-0.15, -0.1) is 0 Å². The summed E-state index contributed by atoms with van der Waals surface area (Å²) in [6.45, 7) is 48.4. The summed E-state index contributed by atoms with van der Waals surface area (Å²) >= 11 is 2.46. The van der Waals surface area contributed by atoms with Crippen LogP contribution in [0.5, 0.6) is 0 Å². The zero-order valence-electron chi connectivity index (χ0n) is 84.5. The fourth-order valence-corrected chi connectivity index (χ4v) is 39.3. The van der Waals surface area contributed by atoms with Gasteiger partial charge in [0.15, 0.2) is 0 Å². The van der Waals surface area contributed by atoms with Crippen LogP contribution in [-0.2, 0) is 52.6 Å². The highest BCUT2D eigenvalue weighted by Crippen LogP contribution is 2.65. The van der Waals surface area contributed by atoms with Crippen molar-refractivity contribution in [2.24, 2.45) is 325 Å². The van der Waals surface area contributed by atoms with E-state index in [9.17, 15) is 43.5 Å². The highest BCUT2D eigenvalue weighted by molar-refractivity contribution is 14.1. The zero-order chi connectivity index (χ0) is 95.5. The molecule has 0 aromatic heterocycles. The number of carboxylic acids is 4. The predicted octanol–water partition coefficient (Wildman–Crippen LogP) is 21.6. The smallest absolute Gasteiger partial charge is 0.318 e. The van der Waals surface area contributed by atoms with Crippen molar-refractivity contribution in [2.45, 2.75) is 315 Å². The van der Waals surface area contributed by atoms with Crippen LogP contribution in [0.2, 0.25) is 0 Å². The lowest BCUT2D eigenvalue weighted by Gasteiger charge is -2.29. The van der Waals surface area contributed by atoms with Crippen LogP contribution in [0.3, 0.4) is 0 Å². The molecular weight excluding hydrogens is 1770 g/mol. The number of carbonyl (C=O) groups excluding carboxylic acids is 4. The van der Waals surface area contributed by atoms with Crippen LogP contribution < -0.4 is 11.5 Å². The molecule has 0 aromatic rings. The fourth-order valence-electron chi connectivity index (χ4n) is 37.7. The van der Waals surface area contributed by atoms with Crippen LogP contribution in [0.15, 0.2) is 24.3 Å². The van der Waals surface area contributed by atoms with E-state index in [4.69, 9.17) is 41.4 Å². The van der Waals surface area contributed by atoms with Crippen LogP contribution in [0, 0.1) is 314 Å². The molecule has 24 aliphatic carbocycles. The maximum atomic E-state index is 11.4. The lowest BCUT2D eigenvalue weighted by atomic mass is 9.75. The van der Waals surface area contributed by atoms with E-state index in [0.717, 1.165) is 181 Å². The van der Waals surface area contributed by atoms with Crippen molar-refractivity contribution in [3.05, 3.63) is 24.3 Å². The minimum absolute atomic E-state index is 0.0359.